The summed E-state index contributed by atoms with van der Waals surface area (Å²) in [4.78, 5) is 22.0. The fourth-order valence-corrected chi connectivity index (χ4v) is 2.12. The minimum Gasteiger partial charge on any atom is -0.481 e. The molecule has 0 heterocycles. The lowest BCUT2D eigenvalue weighted by Crippen LogP contribution is -2.03. The van der Waals surface area contributed by atoms with Crippen molar-refractivity contribution in [3.05, 3.63) is 36.5 Å². The van der Waals surface area contributed by atoms with E-state index in [1.807, 2.05) is 18.2 Å². The van der Waals surface area contributed by atoms with Crippen LogP contribution in [-0.2, 0) is 9.59 Å². The third-order valence-electron chi connectivity index (χ3n) is 3.55. The van der Waals surface area contributed by atoms with Crippen LogP contribution in [0.25, 0.3) is 0 Å². The van der Waals surface area contributed by atoms with Crippen LogP contribution >= 0.6 is 0 Å². The quantitative estimate of drug-likeness (QED) is 0.260. The second-order valence-electron chi connectivity index (χ2n) is 5.92. The number of hydrogen-bond acceptors (Lipinski definition) is 3. The highest BCUT2D eigenvalue weighted by Crippen LogP contribution is 2.04. The van der Waals surface area contributed by atoms with Gasteiger partial charge in [0.25, 0.3) is 0 Å². The summed E-state index contributed by atoms with van der Waals surface area (Å²) in [5.74, 6) is -0.601. The number of carbonyl (C=O) groups excluding carboxylic acids is 1. The zero-order valence-corrected chi connectivity index (χ0v) is 14.8. The maximum absolute atomic E-state index is 11.7. The Bertz CT molecular complexity index is 421. The van der Waals surface area contributed by atoms with Gasteiger partial charge in [-0.15, -0.1) is 0 Å². The van der Waals surface area contributed by atoms with Crippen molar-refractivity contribution >= 4 is 11.8 Å². The predicted molar refractivity (Wildman–Crippen MR) is 97.9 cm³/mol. The first kappa shape index (κ1) is 22.3. The van der Waals surface area contributed by atoms with E-state index in [9.17, 15) is 14.7 Å². The normalized spacial score (nSPS) is 13.2. The van der Waals surface area contributed by atoms with E-state index < -0.39 is 12.1 Å². The average Bonchev–Trinajstić information content (AvgIpc) is 2.53. The highest BCUT2D eigenvalue weighted by atomic mass is 16.4. The first-order valence-electron chi connectivity index (χ1n) is 8.96. The largest absolute Gasteiger partial charge is 0.481 e. The number of aliphatic carboxylic acids is 1. The van der Waals surface area contributed by atoms with Gasteiger partial charge in [-0.05, 0) is 32.1 Å². The van der Waals surface area contributed by atoms with Crippen molar-refractivity contribution in [1.82, 2.24) is 0 Å². The van der Waals surface area contributed by atoms with E-state index in [1.54, 1.807) is 12.2 Å². The molecule has 0 aromatic rings. The van der Waals surface area contributed by atoms with Crippen LogP contribution in [0.4, 0.5) is 0 Å². The molecule has 1 atom stereocenters. The third-order valence-corrected chi connectivity index (χ3v) is 3.55. The van der Waals surface area contributed by atoms with Gasteiger partial charge in [-0.3, -0.25) is 9.59 Å². The van der Waals surface area contributed by atoms with Gasteiger partial charge in [0.05, 0.1) is 6.10 Å². The Morgan fingerprint density at radius 2 is 1.75 bits per heavy atom. The van der Waals surface area contributed by atoms with Crippen LogP contribution in [-0.4, -0.2) is 28.1 Å². The van der Waals surface area contributed by atoms with Crippen LogP contribution in [0.3, 0.4) is 0 Å². The molecule has 4 nitrogen and oxygen atoms in total. The fourth-order valence-electron chi connectivity index (χ4n) is 2.12. The molecule has 0 rings (SSSR count). The van der Waals surface area contributed by atoms with Gasteiger partial charge >= 0.3 is 5.97 Å². The summed E-state index contributed by atoms with van der Waals surface area (Å²) in [6.45, 7) is 2.18. The molecule has 0 aromatic carbocycles. The zero-order valence-electron chi connectivity index (χ0n) is 14.8. The van der Waals surface area contributed by atoms with Crippen LogP contribution in [0.1, 0.15) is 71.1 Å². The molecule has 0 saturated heterocycles. The number of aliphatic hydroxyl groups excluding tert-OH is 1. The summed E-state index contributed by atoms with van der Waals surface area (Å²) in [6.07, 6.45) is 18.0. The summed E-state index contributed by atoms with van der Waals surface area (Å²) in [6, 6.07) is 0. The number of allylic oxidation sites excluding steroid dienone is 5. The number of rotatable bonds is 15. The minimum absolute atomic E-state index is 0.0793. The van der Waals surface area contributed by atoms with E-state index in [4.69, 9.17) is 5.11 Å². The molecule has 0 aliphatic rings. The Morgan fingerprint density at radius 1 is 0.958 bits per heavy atom. The molecule has 4 heteroatoms. The van der Waals surface area contributed by atoms with E-state index in [1.165, 1.54) is 19.3 Å². The van der Waals surface area contributed by atoms with Crippen molar-refractivity contribution in [3.8, 4) is 0 Å². The molecule has 0 fully saturated rings. The SMILES string of the molecule is CCCCC/C=C\CC(=O)CC/C=C/C=C\[C@H](O)CCCC(=O)O. The number of unbranched alkanes of at least 4 members (excludes halogenated alkanes) is 3. The Labute approximate surface area is 146 Å². The van der Waals surface area contributed by atoms with Gasteiger partial charge in [0.15, 0.2) is 0 Å². The fraction of sp³-hybridized carbons (Fsp3) is 0.600. The van der Waals surface area contributed by atoms with Gasteiger partial charge in [-0.2, -0.15) is 0 Å². The van der Waals surface area contributed by atoms with Crippen LogP contribution in [0.5, 0.6) is 0 Å². The maximum atomic E-state index is 11.7. The molecule has 0 radical (unpaired) electrons. The van der Waals surface area contributed by atoms with Crippen LogP contribution < -0.4 is 0 Å². The lowest BCUT2D eigenvalue weighted by atomic mass is 10.1. The van der Waals surface area contributed by atoms with Gasteiger partial charge < -0.3 is 10.2 Å². The number of aliphatic hydroxyl groups is 1. The van der Waals surface area contributed by atoms with E-state index in [0.29, 0.717) is 32.1 Å². The molecule has 0 unspecified atom stereocenters. The Morgan fingerprint density at radius 3 is 2.46 bits per heavy atom. The van der Waals surface area contributed by atoms with Crippen LogP contribution in [0.2, 0.25) is 0 Å². The van der Waals surface area contributed by atoms with Crippen molar-refractivity contribution in [2.45, 2.75) is 77.2 Å². The molecular formula is C20H32O4. The molecule has 24 heavy (non-hydrogen) atoms. The smallest absolute Gasteiger partial charge is 0.303 e. The van der Waals surface area contributed by atoms with Gasteiger partial charge in [-0.25, -0.2) is 0 Å². The summed E-state index contributed by atoms with van der Waals surface area (Å²) >= 11 is 0. The minimum atomic E-state index is -0.841. The van der Waals surface area contributed by atoms with Crippen molar-refractivity contribution in [1.29, 1.82) is 0 Å². The summed E-state index contributed by atoms with van der Waals surface area (Å²) in [5, 5.41) is 18.1. The van der Waals surface area contributed by atoms with E-state index >= 15 is 0 Å². The van der Waals surface area contributed by atoms with Crippen molar-refractivity contribution in [2.75, 3.05) is 0 Å². The number of carboxylic acids is 1. The average molecular weight is 336 g/mol. The lowest BCUT2D eigenvalue weighted by molar-refractivity contribution is -0.137. The highest BCUT2D eigenvalue weighted by Gasteiger charge is 2.01. The Balaban J connectivity index is 3.67. The van der Waals surface area contributed by atoms with Gasteiger partial charge in [0, 0.05) is 19.3 Å². The maximum Gasteiger partial charge on any atom is 0.303 e. The number of carboxylic acid groups (broad SMARTS) is 1. The third kappa shape index (κ3) is 16.7. The Kier molecular flexibility index (Phi) is 15.1. The van der Waals surface area contributed by atoms with Crippen molar-refractivity contribution in [3.63, 3.8) is 0 Å². The highest BCUT2D eigenvalue weighted by molar-refractivity contribution is 5.79. The summed E-state index contributed by atoms with van der Waals surface area (Å²) < 4.78 is 0. The topological polar surface area (TPSA) is 74.6 Å². The van der Waals surface area contributed by atoms with Crippen molar-refractivity contribution in [2.24, 2.45) is 0 Å². The van der Waals surface area contributed by atoms with Crippen LogP contribution in [0.15, 0.2) is 36.5 Å². The van der Waals surface area contributed by atoms with Crippen LogP contribution in [0, 0.1) is 0 Å². The number of Topliss-reactive ketones (excluding diaryl/α,β-unsaturated/α-hetero) is 1. The molecule has 0 aliphatic carbocycles. The lowest BCUT2D eigenvalue weighted by Gasteiger charge is -2.02. The second kappa shape index (κ2) is 16.2. The van der Waals surface area contributed by atoms with Gasteiger partial charge in [0.1, 0.15) is 5.78 Å². The standard InChI is InChI=1S/C20H32O4/c1-2-3-4-5-6-9-13-18(21)14-10-7-8-11-15-19(22)16-12-17-20(23)24/h6-9,11,15,19,22H,2-5,10,12-14,16-17H2,1H3,(H,23,24)/b8-7+,9-6-,15-11-/t19-/m0/s1. The second-order valence-corrected chi connectivity index (χ2v) is 5.92. The molecule has 0 saturated carbocycles. The molecule has 0 aromatic heterocycles. The first-order valence-corrected chi connectivity index (χ1v) is 8.96. The molecule has 0 bridgehead atoms. The molecule has 2 N–H and O–H groups in total. The summed E-state index contributed by atoms with van der Waals surface area (Å²) in [7, 11) is 0. The van der Waals surface area contributed by atoms with E-state index in [-0.39, 0.29) is 12.2 Å². The molecule has 0 amide bonds. The monoisotopic (exact) mass is 336 g/mol. The number of ketones is 1. The molecular weight excluding hydrogens is 304 g/mol. The van der Waals surface area contributed by atoms with E-state index in [2.05, 4.69) is 13.0 Å². The first-order chi connectivity index (χ1) is 11.6. The zero-order chi connectivity index (χ0) is 18.0. The number of hydrogen-bond donors (Lipinski definition) is 2. The van der Waals surface area contributed by atoms with Crippen molar-refractivity contribution < 1.29 is 19.8 Å². The molecule has 0 aliphatic heterocycles. The van der Waals surface area contributed by atoms with E-state index in [0.717, 1.165) is 6.42 Å². The van der Waals surface area contributed by atoms with Gasteiger partial charge in [-0.1, -0.05) is 56.2 Å². The Hall–Kier alpha value is -1.68. The predicted octanol–water partition coefficient (Wildman–Crippen LogP) is 4.59. The summed E-state index contributed by atoms with van der Waals surface area (Å²) in [5.41, 5.74) is 0. The molecule has 0 spiro atoms. The molecule has 136 valence electrons. The number of carbonyl (C=O) groups is 2. The van der Waals surface area contributed by atoms with Gasteiger partial charge in [0.2, 0.25) is 0 Å².